The highest BCUT2D eigenvalue weighted by molar-refractivity contribution is 6.52. The zero-order valence-electron chi connectivity index (χ0n) is 13.3. The van der Waals surface area contributed by atoms with Gasteiger partial charge in [-0.15, -0.1) is 0 Å². The summed E-state index contributed by atoms with van der Waals surface area (Å²) in [7, 11) is 0. The number of fused-ring (bicyclic) bond motifs is 1. The molecule has 1 aromatic rings. The third-order valence-corrected chi connectivity index (χ3v) is 4.01. The molecule has 1 aliphatic rings. The highest BCUT2D eigenvalue weighted by Crippen LogP contribution is 2.35. The van der Waals surface area contributed by atoms with Gasteiger partial charge >= 0.3 is 0 Å². The average Bonchev–Trinajstić information content (AvgIpc) is 2.81. The summed E-state index contributed by atoms with van der Waals surface area (Å²) in [6.07, 6.45) is 4.11. The molecule has 2 N–H and O–H groups in total. The maximum Gasteiger partial charge on any atom is 0.296 e. The van der Waals surface area contributed by atoms with Crippen molar-refractivity contribution in [1.82, 2.24) is 4.90 Å². The first-order valence-electron chi connectivity index (χ1n) is 8.01. The van der Waals surface area contributed by atoms with Crippen LogP contribution in [-0.4, -0.2) is 41.3 Å². The molecule has 0 fully saturated rings. The third-order valence-electron chi connectivity index (χ3n) is 4.01. The van der Waals surface area contributed by atoms with Gasteiger partial charge in [-0.25, -0.2) is 0 Å². The molecular formula is C17H24N2O3. The number of unbranched alkanes of at least 4 members (excludes halogenated alkanes) is 1. The molecule has 1 aliphatic heterocycles. The number of anilines is 1. The Balaban J connectivity index is 2.12. The standard InChI is InChI=1S/C17H24N2O3/c1-3-5-10-19(9-4-2)11-8-12-6-7-13(20)15-14(12)16(21)17(22)18-15/h6-7,20H,3-5,8-11H2,1-2H3,(H,18,21,22). The molecule has 22 heavy (non-hydrogen) atoms. The van der Waals surface area contributed by atoms with Crippen LogP contribution in [0.5, 0.6) is 5.75 Å². The van der Waals surface area contributed by atoms with Gasteiger partial charge in [0.05, 0.1) is 11.3 Å². The number of nitrogens with zero attached hydrogens (tertiary/aromatic N) is 1. The van der Waals surface area contributed by atoms with E-state index in [0.717, 1.165) is 44.5 Å². The highest BCUT2D eigenvalue weighted by Gasteiger charge is 2.32. The van der Waals surface area contributed by atoms with E-state index in [1.807, 2.05) is 0 Å². The van der Waals surface area contributed by atoms with Gasteiger partial charge in [0.2, 0.25) is 0 Å². The quantitative estimate of drug-likeness (QED) is 0.572. The Morgan fingerprint density at radius 2 is 1.86 bits per heavy atom. The summed E-state index contributed by atoms with van der Waals surface area (Å²) in [5.41, 5.74) is 1.44. The van der Waals surface area contributed by atoms with Crippen molar-refractivity contribution in [1.29, 1.82) is 0 Å². The Hall–Kier alpha value is -1.88. The van der Waals surface area contributed by atoms with Crippen LogP contribution in [0.15, 0.2) is 12.1 Å². The molecule has 5 nitrogen and oxygen atoms in total. The van der Waals surface area contributed by atoms with Gasteiger partial charge in [-0.05, 0) is 44.0 Å². The molecule has 1 aromatic carbocycles. The van der Waals surface area contributed by atoms with Crippen molar-refractivity contribution < 1.29 is 14.7 Å². The zero-order valence-corrected chi connectivity index (χ0v) is 13.3. The van der Waals surface area contributed by atoms with Crippen LogP contribution in [0.2, 0.25) is 0 Å². The molecule has 0 bridgehead atoms. The number of Topliss-reactive ketones (excluding diaryl/α,β-unsaturated/α-hetero) is 1. The van der Waals surface area contributed by atoms with Crippen LogP contribution in [0.1, 0.15) is 49.0 Å². The van der Waals surface area contributed by atoms with Gasteiger partial charge in [0.25, 0.3) is 11.7 Å². The lowest BCUT2D eigenvalue weighted by Gasteiger charge is -2.21. The molecule has 120 valence electrons. The predicted molar refractivity (Wildman–Crippen MR) is 86.4 cm³/mol. The summed E-state index contributed by atoms with van der Waals surface area (Å²) in [6.45, 7) is 7.27. The maximum absolute atomic E-state index is 12.0. The molecule has 0 atom stereocenters. The van der Waals surface area contributed by atoms with E-state index in [2.05, 4.69) is 24.1 Å². The molecule has 0 unspecified atom stereocenters. The number of hydrogen-bond acceptors (Lipinski definition) is 4. The van der Waals surface area contributed by atoms with Crippen molar-refractivity contribution >= 4 is 17.4 Å². The van der Waals surface area contributed by atoms with Gasteiger partial charge in [-0.2, -0.15) is 0 Å². The van der Waals surface area contributed by atoms with E-state index < -0.39 is 11.7 Å². The number of ketones is 1. The minimum absolute atomic E-state index is 0.0469. The normalized spacial score (nSPS) is 13.6. The second kappa shape index (κ2) is 7.40. The van der Waals surface area contributed by atoms with Gasteiger partial charge < -0.3 is 15.3 Å². The molecule has 0 saturated carbocycles. The summed E-state index contributed by atoms with van der Waals surface area (Å²) >= 11 is 0. The molecule has 0 aromatic heterocycles. The number of phenols is 1. The number of rotatable bonds is 8. The van der Waals surface area contributed by atoms with E-state index in [9.17, 15) is 14.7 Å². The first-order valence-corrected chi connectivity index (χ1v) is 8.01. The van der Waals surface area contributed by atoms with E-state index in [0.29, 0.717) is 12.0 Å². The largest absolute Gasteiger partial charge is 0.506 e. The smallest absolute Gasteiger partial charge is 0.296 e. The fourth-order valence-electron chi connectivity index (χ4n) is 2.82. The van der Waals surface area contributed by atoms with Crippen LogP contribution >= 0.6 is 0 Å². The minimum atomic E-state index is -0.658. The van der Waals surface area contributed by atoms with E-state index >= 15 is 0 Å². The fourth-order valence-corrected chi connectivity index (χ4v) is 2.82. The summed E-state index contributed by atoms with van der Waals surface area (Å²) in [5.74, 6) is -1.25. The molecule has 0 aliphatic carbocycles. The number of nitrogens with one attached hydrogen (secondary N) is 1. The summed E-state index contributed by atoms with van der Waals surface area (Å²) in [6, 6.07) is 3.29. The first-order chi connectivity index (χ1) is 10.6. The number of carbonyl (C=O) groups is 2. The molecular weight excluding hydrogens is 280 g/mol. The Bertz CT molecular complexity index is 569. The predicted octanol–water partition coefficient (Wildman–Crippen LogP) is 2.58. The summed E-state index contributed by atoms with van der Waals surface area (Å²) < 4.78 is 0. The summed E-state index contributed by atoms with van der Waals surface area (Å²) in [5, 5.41) is 12.2. The Morgan fingerprint density at radius 3 is 2.55 bits per heavy atom. The van der Waals surface area contributed by atoms with Crippen molar-refractivity contribution in [3.63, 3.8) is 0 Å². The number of aromatic hydroxyl groups is 1. The highest BCUT2D eigenvalue weighted by atomic mass is 16.3. The van der Waals surface area contributed by atoms with Crippen LogP contribution in [0.25, 0.3) is 0 Å². The molecule has 1 heterocycles. The lowest BCUT2D eigenvalue weighted by Crippen LogP contribution is -2.28. The zero-order chi connectivity index (χ0) is 16.1. The van der Waals surface area contributed by atoms with Crippen molar-refractivity contribution in [2.24, 2.45) is 0 Å². The topological polar surface area (TPSA) is 69.6 Å². The number of benzene rings is 1. The van der Waals surface area contributed by atoms with E-state index in [-0.39, 0.29) is 11.4 Å². The van der Waals surface area contributed by atoms with Crippen LogP contribution in [0, 0.1) is 0 Å². The lowest BCUT2D eigenvalue weighted by molar-refractivity contribution is -0.112. The molecule has 0 saturated heterocycles. The van der Waals surface area contributed by atoms with Crippen LogP contribution in [-0.2, 0) is 11.2 Å². The van der Waals surface area contributed by atoms with Gasteiger partial charge in [-0.3, -0.25) is 9.59 Å². The maximum atomic E-state index is 12.0. The number of carbonyl (C=O) groups excluding carboxylic acids is 2. The summed E-state index contributed by atoms with van der Waals surface area (Å²) in [4.78, 5) is 25.9. The number of amides is 1. The second-order valence-corrected chi connectivity index (χ2v) is 5.72. The lowest BCUT2D eigenvalue weighted by atomic mass is 10.0. The Morgan fingerprint density at radius 1 is 1.09 bits per heavy atom. The van der Waals surface area contributed by atoms with Crippen molar-refractivity contribution in [3.8, 4) is 5.75 Å². The molecule has 0 radical (unpaired) electrons. The van der Waals surface area contributed by atoms with Crippen LogP contribution in [0.3, 0.4) is 0 Å². The Labute approximate surface area is 131 Å². The van der Waals surface area contributed by atoms with Gasteiger partial charge in [0, 0.05) is 6.54 Å². The second-order valence-electron chi connectivity index (χ2n) is 5.72. The van der Waals surface area contributed by atoms with E-state index in [4.69, 9.17) is 0 Å². The first kappa shape index (κ1) is 16.5. The van der Waals surface area contributed by atoms with Gasteiger partial charge in [0.1, 0.15) is 5.75 Å². The average molecular weight is 304 g/mol. The SMILES string of the molecule is CCCCN(CCC)CCc1ccc(O)c2c1C(=O)C(=O)N2. The molecule has 2 rings (SSSR count). The van der Waals surface area contributed by atoms with Crippen LogP contribution < -0.4 is 5.32 Å². The van der Waals surface area contributed by atoms with Crippen molar-refractivity contribution in [2.45, 2.75) is 39.5 Å². The fraction of sp³-hybridized carbons (Fsp3) is 0.529. The van der Waals surface area contributed by atoms with Gasteiger partial charge in [0.15, 0.2) is 0 Å². The number of hydrogen-bond donors (Lipinski definition) is 2. The molecule has 5 heteroatoms. The monoisotopic (exact) mass is 304 g/mol. The van der Waals surface area contributed by atoms with E-state index in [1.54, 1.807) is 12.1 Å². The molecule has 0 spiro atoms. The number of phenolic OH excluding ortho intramolecular Hbond substituents is 1. The minimum Gasteiger partial charge on any atom is -0.506 e. The third kappa shape index (κ3) is 3.47. The molecule has 1 amide bonds. The van der Waals surface area contributed by atoms with Crippen molar-refractivity contribution in [2.75, 3.05) is 25.0 Å². The van der Waals surface area contributed by atoms with E-state index in [1.165, 1.54) is 0 Å². The van der Waals surface area contributed by atoms with Gasteiger partial charge in [-0.1, -0.05) is 26.3 Å². The Kier molecular flexibility index (Phi) is 5.55. The van der Waals surface area contributed by atoms with Crippen molar-refractivity contribution in [3.05, 3.63) is 23.3 Å². The van der Waals surface area contributed by atoms with Crippen LogP contribution in [0.4, 0.5) is 5.69 Å².